The van der Waals surface area contributed by atoms with Gasteiger partial charge in [0.25, 0.3) is 0 Å². The first kappa shape index (κ1) is 15.3. The molecule has 0 amide bonds. The minimum absolute atomic E-state index is 0.0565. The fraction of sp³-hybridized carbons (Fsp3) is 0.667. The number of pyridine rings is 1. The summed E-state index contributed by atoms with van der Waals surface area (Å²) in [5.41, 5.74) is 0.469. The summed E-state index contributed by atoms with van der Waals surface area (Å²) in [5.74, 6) is 0.473. The minimum Gasteiger partial charge on any atom is -0.371 e. The minimum atomic E-state index is -4.40. The molecule has 1 aromatic heterocycles. The van der Waals surface area contributed by atoms with Crippen LogP contribution in [0.2, 0.25) is 0 Å². The summed E-state index contributed by atoms with van der Waals surface area (Å²) in [6.45, 7) is 6.42. The SMILES string of the molecule is CCC[C@@H](C)[C@@H]1OCc2nc(C(F)(F)F)ccc2[C@@H]1C. The van der Waals surface area contributed by atoms with E-state index in [0.29, 0.717) is 11.6 Å². The molecule has 5 heteroatoms. The topological polar surface area (TPSA) is 22.1 Å². The first-order valence-corrected chi connectivity index (χ1v) is 7.03. The fourth-order valence-electron chi connectivity index (χ4n) is 2.97. The Morgan fingerprint density at radius 2 is 2.10 bits per heavy atom. The maximum absolute atomic E-state index is 12.7. The number of hydrogen-bond acceptors (Lipinski definition) is 2. The van der Waals surface area contributed by atoms with Gasteiger partial charge in [-0.25, -0.2) is 4.98 Å². The number of fused-ring (bicyclic) bond motifs is 1. The van der Waals surface area contributed by atoms with Crippen LogP contribution in [0.1, 0.15) is 56.5 Å². The van der Waals surface area contributed by atoms with Gasteiger partial charge in [0.15, 0.2) is 0 Å². The Kier molecular flexibility index (Phi) is 4.37. The molecule has 0 bridgehead atoms. The molecule has 0 unspecified atom stereocenters. The zero-order valence-corrected chi connectivity index (χ0v) is 12.0. The molecule has 1 aliphatic rings. The van der Waals surface area contributed by atoms with Crippen molar-refractivity contribution >= 4 is 0 Å². The monoisotopic (exact) mass is 287 g/mol. The Balaban J connectivity index is 2.25. The van der Waals surface area contributed by atoms with E-state index in [1.165, 1.54) is 0 Å². The molecule has 2 heterocycles. The van der Waals surface area contributed by atoms with Crippen molar-refractivity contribution in [2.24, 2.45) is 5.92 Å². The standard InChI is InChI=1S/C15H20F3NO/c1-4-5-9(2)14-10(3)11-6-7-13(15(16,17)18)19-12(11)8-20-14/h6-7,9-10,14H,4-5,8H2,1-3H3/t9-,10+,14+/m1/s1. The van der Waals surface area contributed by atoms with Gasteiger partial charge in [-0.05, 0) is 24.0 Å². The lowest BCUT2D eigenvalue weighted by atomic mass is 9.83. The van der Waals surface area contributed by atoms with Gasteiger partial charge in [0, 0.05) is 5.92 Å². The van der Waals surface area contributed by atoms with Crippen LogP contribution in [0.4, 0.5) is 13.2 Å². The van der Waals surface area contributed by atoms with E-state index in [9.17, 15) is 13.2 Å². The molecule has 0 saturated carbocycles. The second-order valence-corrected chi connectivity index (χ2v) is 5.56. The van der Waals surface area contributed by atoms with Crippen LogP contribution in [-0.2, 0) is 17.5 Å². The van der Waals surface area contributed by atoms with Gasteiger partial charge in [0.05, 0.1) is 18.4 Å². The first-order chi connectivity index (χ1) is 9.34. The largest absolute Gasteiger partial charge is 0.433 e. The highest BCUT2D eigenvalue weighted by atomic mass is 19.4. The van der Waals surface area contributed by atoms with Crippen LogP contribution in [-0.4, -0.2) is 11.1 Å². The zero-order chi connectivity index (χ0) is 14.9. The van der Waals surface area contributed by atoms with Crippen molar-refractivity contribution in [3.63, 3.8) is 0 Å². The Bertz CT molecular complexity index is 473. The number of halogens is 3. The number of nitrogens with zero attached hydrogens (tertiary/aromatic N) is 1. The summed E-state index contributed by atoms with van der Waals surface area (Å²) in [7, 11) is 0. The van der Waals surface area contributed by atoms with Crippen molar-refractivity contribution < 1.29 is 17.9 Å². The molecule has 20 heavy (non-hydrogen) atoms. The molecule has 112 valence electrons. The Hall–Kier alpha value is -1.10. The quantitative estimate of drug-likeness (QED) is 0.814. The van der Waals surface area contributed by atoms with Crippen LogP contribution in [0, 0.1) is 5.92 Å². The van der Waals surface area contributed by atoms with Gasteiger partial charge in [0.2, 0.25) is 0 Å². The van der Waals surface area contributed by atoms with Crippen LogP contribution in [0.3, 0.4) is 0 Å². The predicted octanol–water partition coefficient (Wildman–Crippen LogP) is 4.54. The number of rotatable bonds is 3. The van der Waals surface area contributed by atoms with Gasteiger partial charge in [-0.2, -0.15) is 13.2 Å². The third kappa shape index (κ3) is 2.97. The molecule has 0 aromatic carbocycles. The smallest absolute Gasteiger partial charge is 0.371 e. The van der Waals surface area contributed by atoms with E-state index in [1.54, 1.807) is 6.07 Å². The van der Waals surface area contributed by atoms with Gasteiger partial charge >= 0.3 is 6.18 Å². The summed E-state index contributed by atoms with van der Waals surface area (Å²) in [6.07, 6.45) is -2.21. The highest BCUT2D eigenvalue weighted by Crippen LogP contribution is 2.37. The molecule has 1 aromatic rings. The molecule has 2 nitrogen and oxygen atoms in total. The Morgan fingerprint density at radius 3 is 2.70 bits per heavy atom. The van der Waals surface area contributed by atoms with Gasteiger partial charge in [0.1, 0.15) is 5.69 Å². The van der Waals surface area contributed by atoms with E-state index >= 15 is 0 Å². The van der Waals surface area contributed by atoms with E-state index in [4.69, 9.17) is 4.74 Å². The van der Waals surface area contributed by atoms with Crippen LogP contribution < -0.4 is 0 Å². The molecule has 0 spiro atoms. The molecule has 0 saturated heterocycles. The predicted molar refractivity (Wildman–Crippen MR) is 70.3 cm³/mol. The van der Waals surface area contributed by atoms with Crippen molar-refractivity contribution in [3.05, 3.63) is 29.1 Å². The van der Waals surface area contributed by atoms with E-state index in [-0.39, 0.29) is 18.6 Å². The van der Waals surface area contributed by atoms with Crippen LogP contribution in [0.25, 0.3) is 0 Å². The number of hydrogen-bond donors (Lipinski definition) is 0. The molecule has 0 radical (unpaired) electrons. The fourth-order valence-corrected chi connectivity index (χ4v) is 2.97. The number of aromatic nitrogens is 1. The van der Waals surface area contributed by atoms with Crippen molar-refractivity contribution in [1.82, 2.24) is 4.98 Å². The number of ether oxygens (including phenoxy) is 1. The van der Waals surface area contributed by atoms with E-state index in [1.807, 2.05) is 6.92 Å². The third-order valence-corrected chi connectivity index (χ3v) is 4.00. The average Bonchev–Trinajstić information content (AvgIpc) is 2.38. The molecule has 2 rings (SSSR count). The molecule has 1 aliphatic heterocycles. The normalized spacial score (nSPS) is 24.3. The van der Waals surface area contributed by atoms with Crippen molar-refractivity contribution in [2.75, 3.05) is 0 Å². The summed E-state index contributed by atoms with van der Waals surface area (Å²) in [6, 6.07) is 2.63. The van der Waals surface area contributed by atoms with Crippen LogP contribution >= 0.6 is 0 Å². The molecular formula is C15H20F3NO. The maximum atomic E-state index is 12.7. The summed E-state index contributed by atoms with van der Waals surface area (Å²) < 4.78 is 43.7. The molecule has 0 fully saturated rings. The lowest BCUT2D eigenvalue weighted by molar-refractivity contribution is -0.141. The zero-order valence-electron chi connectivity index (χ0n) is 12.0. The summed E-state index contributed by atoms with van der Waals surface area (Å²) in [4.78, 5) is 3.72. The lowest BCUT2D eigenvalue weighted by Crippen LogP contribution is -2.33. The second kappa shape index (κ2) is 5.72. The molecule has 0 aliphatic carbocycles. The lowest BCUT2D eigenvalue weighted by Gasteiger charge is -2.35. The first-order valence-electron chi connectivity index (χ1n) is 7.03. The van der Waals surface area contributed by atoms with Crippen LogP contribution in [0.15, 0.2) is 12.1 Å². The molecule has 3 atom stereocenters. The van der Waals surface area contributed by atoms with E-state index in [0.717, 1.165) is 24.5 Å². The van der Waals surface area contributed by atoms with Gasteiger partial charge in [-0.1, -0.05) is 33.3 Å². The molecule has 0 N–H and O–H groups in total. The highest BCUT2D eigenvalue weighted by molar-refractivity contribution is 5.29. The van der Waals surface area contributed by atoms with Crippen LogP contribution in [0.5, 0.6) is 0 Å². The van der Waals surface area contributed by atoms with Crippen molar-refractivity contribution in [3.8, 4) is 0 Å². The van der Waals surface area contributed by atoms with Crippen molar-refractivity contribution in [2.45, 2.75) is 58.4 Å². The summed E-state index contributed by atoms with van der Waals surface area (Å²) >= 11 is 0. The average molecular weight is 287 g/mol. The molecular weight excluding hydrogens is 267 g/mol. The maximum Gasteiger partial charge on any atom is 0.433 e. The summed E-state index contributed by atoms with van der Waals surface area (Å²) in [5, 5.41) is 0. The van der Waals surface area contributed by atoms with Crippen molar-refractivity contribution in [1.29, 1.82) is 0 Å². The number of alkyl halides is 3. The highest BCUT2D eigenvalue weighted by Gasteiger charge is 2.36. The third-order valence-electron chi connectivity index (χ3n) is 4.00. The van der Waals surface area contributed by atoms with Gasteiger partial charge in [-0.15, -0.1) is 0 Å². The Morgan fingerprint density at radius 1 is 1.40 bits per heavy atom. The van der Waals surface area contributed by atoms with Gasteiger partial charge < -0.3 is 4.74 Å². The second-order valence-electron chi connectivity index (χ2n) is 5.56. The Labute approximate surface area is 117 Å². The van der Waals surface area contributed by atoms with E-state index in [2.05, 4.69) is 18.8 Å². The van der Waals surface area contributed by atoms with Gasteiger partial charge in [-0.3, -0.25) is 0 Å². The van der Waals surface area contributed by atoms with E-state index < -0.39 is 11.9 Å².